The zero-order chi connectivity index (χ0) is 15.7. The Balaban J connectivity index is 1.93. The Kier molecular flexibility index (Phi) is 4.11. The van der Waals surface area contributed by atoms with E-state index in [0.29, 0.717) is 15.6 Å². The molecule has 0 bridgehead atoms. The van der Waals surface area contributed by atoms with Crippen LogP contribution in [0.2, 0.25) is 10.0 Å². The zero-order valence-electron chi connectivity index (χ0n) is 11.0. The second-order valence-electron chi connectivity index (χ2n) is 4.46. The molecular formula is C15H8Cl2N2O2S. The minimum Gasteiger partial charge on any atom is -0.258 e. The molecule has 0 amide bonds. The highest BCUT2D eigenvalue weighted by molar-refractivity contribution is 7.19. The molecule has 0 radical (unpaired) electrons. The van der Waals surface area contributed by atoms with E-state index in [4.69, 9.17) is 23.2 Å². The monoisotopic (exact) mass is 350 g/mol. The Morgan fingerprint density at radius 2 is 1.95 bits per heavy atom. The molecule has 0 N–H and O–H groups in total. The van der Waals surface area contributed by atoms with Gasteiger partial charge in [-0.05, 0) is 29.8 Å². The van der Waals surface area contributed by atoms with Crippen molar-refractivity contribution in [2.24, 2.45) is 0 Å². The van der Waals surface area contributed by atoms with Gasteiger partial charge in [0.05, 0.1) is 15.1 Å². The quantitative estimate of drug-likeness (QED) is 0.450. The van der Waals surface area contributed by atoms with Gasteiger partial charge in [-0.2, -0.15) is 0 Å². The lowest BCUT2D eigenvalue weighted by molar-refractivity contribution is -0.384. The maximum Gasteiger partial charge on any atom is 0.271 e. The molecule has 0 spiro atoms. The summed E-state index contributed by atoms with van der Waals surface area (Å²) in [5.41, 5.74) is 1.48. The number of benzene rings is 2. The number of aromatic nitrogens is 1. The number of nitro groups is 1. The third kappa shape index (κ3) is 3.11. The number of hydrogen-bond acceptors (Lipinski definition) is 4. The fourth-order valence-electron chi connectivity index (χ4n) is 1.92. The molecule has 1 aromatic heterocycles. The SMILES string of the molecule is O=[N+]([O-])c1ccc2sc(/C=C/c3ccc(Cl)cc3Cl)nc2c1. The number of nitro benzene ring substituents is 1. The van der Waals surface area contributed by atoms with E-state index in [2.05, 4.69) is 4.98 Å². The minimum atomic E-state index is -0.429. The van der Waals surface area contributed by atoms with Crippen molar-refractivity contribution in [3.63, 3.8) is 0 Å². The van der Waals surface area contributed by atoms with Crippen molar-refractivity contribution in [2.45, 2.75) is 0 Å². The van der Waals surface area contributed by atoms with E-state index >= 15 is 0 Å². The summed E-state index contributed by atoms with van der Waals surface area (Å²) in [6.07, 6.45) is 3.66. The van der Waals surface area contributed by atoms with Gasteiger partial charge in [-0.25, -0.2) is 4.98 Å². The van der Waals surface area contributed by atoms with Gasteiger partial charge < -0.3 is 0 Å². The smallest absolute Gasteiger partial charge is 0.258 e. The average molecular weight is 351 g/mol. The van der Waals surface area contributed by atoms with Crippen LogP contribution in [0.3, 0.4) is 0 Å². The topological polar surface area (TPSA) is 56.0 Å². The zero-order valence-corrected chi connectivity index (χ0v) is 13.3. The van der Waals surface area contributed by atoms with Gasteiger partial charge in [0.2, 0.25) is 0 Å². The fourth-order valence-corrected chi connectivity index (χ4v) is 3.24. The minimum absolute atomic E-state index is 0.0362. The maximum absolute atomic E-state index is 10.8. The number of thiazole rings is 1. The molecule has 0 unspecified atom stereocenters. The normalized spacial score (nSPS) is 11.4. The first-order chi connectivity index (χ1) is 10.5. The molecule has 1 heterocycles. The van der Waals surface area contributed by atoms with Crippen LogP contribution in [-0.2, 0) is 0 Å². The van der Waals surface area contributed by atoms with Gasteiger partial charge in [0.15, 0.2) is 0 Å². The van der Waals surface area contributed by atoms with Gasteiger partial charge in [0, 0.05) is 22.2 Å². The second-order valence-corrected chi connectivity index (χ2v) is 6.37. The molecule has 0 aliphatic rings. The highest BCUT2D eigenvalue weighted by Crippen LogP contribution is 2.28. The summed E-state index contributed by atoms with van der Waals surface area (Å²) in [7, 11) is 0. The predicted molar refractivity (Wildman–Crippen MR) is 91.7 cm³/mol. The van der Waals surface area contributed by atoms with E-state index in [9.17, 15) is 10.1 Å². The van der Waals surface area contributed by atoms with Gasteiger partial charge in [-0.1, -0.05) is 35.3 Å². The van der Waals surface area contributed by atoms with Crippen molar-refractivity contribution in [2.75, 3.05) is 0 Å². The van der Waals surface area contributed by atoms with Gasteiger partial charge in [-0.3, -0.25) is 10.1 Å². The number of fused-ring (bicyclic) bond motifs is 1. The Bertz CT molecular complexity index is 906. The molecule has 22 heavy (non-hydrogen) atoms. The molecule has 7 heteroatoms. The second kappa shape index (κ2) is 6.04. The summed E-state index contributed by atoms with van der Waals surface area (Å²) in [5.74, 6) is 0. The average Bonchev–Trinajstić information content (AvgIpc) is 2.88. The summed E-state index contributed by atoms with van der Waals surface area (Å²) < 4.78 is 0.896. The van der Waals surface area contributed by atoms with Crippen molar-refractivity contribution < 1.29 is 4.92 Å². The van der Waals surface area contributed by atoms with E-state index < -0.39 is 4.92 Å². The summed E-state index contributed by atoms with van der Waals surface area (Å²) in [4.78, 5) is 14.7. The van der Waals surface area contributed by atoms with E-state index in [1.807, 2.05) is 18.2 Å². The van der Waals surface area contributed by atoms with Crippen LogP contribution in [0.4, 0.5) is 5.69 Å². The molecule has 3 rings (SSSR count). The molecule has 110 valence electrons. The molecule has 4 nitrogen and oxygen atoms in total. The summed E-state index contributed by atoms with van der Waals surface area (Å²) in [6.45, 7) is 0. The van der Waals surface area contributed by atoms with Crippen LogP contribution in [0.1, 0.15) is 10.6 Å². The van der Waals surface area contributed by atoms with Crippen LogP contribution >= 0.6 is 34.5 Å². The van der Waals surface area contributed by atoms with Gasteiger partial charge in [0.1, 0.15) is 5.01 Å². The fraction of sp³-hybridized carbons (Fsp3) is 0. The molecule has 2 aromatic carbocycles. The first kappa shape index (κ1) is 15.0. The lowest BCUT2D eigenvalue weighted by Crippen LogP contribution is -1.86. The predicted octanol–water partition coefficient (Wildman–Crippen LogP) is 5.68. The largest absolute Gasteiger partial charge is 0.271 e. The molecule has 3 aromatic rings. The van der Waals surface area contributed by atoms with Crippen molar-refractivity contribution in [3.05, 3.63) is 67.1 Å². The van der Waals surface area contributed by atoms with Crippen LogP contribution in [0.25, 0.3) is 22.4 Å². The number of rotatable bonds is 3. The van der Waals surface area contributed by atoms with Gasteiger partial charge >= 0.3 is 0 Å². The number of non-ortho nitro benzene ring substituents is 1. The Morgan fingerprint density at radius 1 is 1.14 bits per heavy atom. The lowest BCUT2D eigenvalue weighted by Gasteiger charge is -1.97. The molecule has 0 atom stereocenters. The van der Waals surface area contributed by atoms with Crippen LogP contribution in [0.15, 0.2) is 36.4 Å². The highest BCUT2D eigenvalue weighted by Gasteiger charge is 2.09. The third-order valence-corrected chi connectivity index (χ3v) is 4.53. The van der Waals surface area contributed by atoms with Crippen molar-refractivity contribution in [1.29, 1.82) is 0 Å². The number of nitrogens with zero attached hydrogens (tertiary/aromatic N) is 2. The number of hydrogen-bond donors (Lipinski definition) is 0. The summed E-state index contributed by atoms with van der Waals surface area (Å²) in [6, 6.07) is 9.90. The Morgan fingerprint density at radius 3 is 2.68 bits per heavy atom. The molecule has 0 fully saturated rings. The van der Waals surface area contributed by atoms with E-state index in [0.717, 1.165) is 15.3 Å². The van der Waals surface area contributed by atoms with Crippen LogP contribution in [-0.4, -0.2) is 9.91 Å². The molecule has 0 saturated carbocycles. The molecular weight excluding hydrogens is 343 g/mol. The van der Waals surface area contributed by atoms with Crippen LogP contribution in [0, 0.1) is 10.1 Å². The van der Waals surface area contributed by atoms with Crippen molar-refractivity contribution >= 4 is 62.6 Å². The summed E-state index contributed by atoms with van der Waals surface area (Å²) in [5, 5.41) is 12.7. The highest BCUT2D eigenvalue weighted by atomic mass is 35.5. The third-order valence-electron chi connectivity index (χ3n) is 2.97. The van der Waals surface area contributed by atoms with E-state index in [1.165, 1.54) is 23.5 Å². The summed E-state index contributed by atoms with van der Waals surface area (Å²) >= 11 is 13.4. The number of halogens is 2. The van der Waals surface area contributed by atoms with Crippen LogP contribution < -0.4 is 0 Å². The Hall–Kier alpha value is -1.95. The molecule has 0 saturated heterocycles. The maximum atomic E-state index is 10.8. The van der Waals surface area contributed by atoms with E-state index in [-0.39, 0.29) is 5.69 Å². The van der Waals surface area contributed by atoms with E-state index in [1.54, 1.807) is 18.2 Å². The van der Waals surface area contributed by atoms with Gasteiger partial charge in [0.25, 0.3) is 5.69 Å². The first-order valence-corrected chi connectivity index (χ1v) is 7.78. The first-order valence-electron chi connectivity index (χ1n) is 6.21. The van der Waals surface area contributed by atoms with Gasteiger partial charge in [-0.15, -0.1) is 11.3 Å². The van der Waals surface area contributed by atoms with Crippen LogP contribution in [0.5, 0.6) is 0 Å². The molecule has 0 aliphatic carbocycles. The Labute approximate surface area is 139 Å². The lowest BCUT2D eigenvalue weighted by atomic mass is 10.2. The van der Waals surface area contributed by atoms with Crippen molar-refractivity contribution in [1.82, 2.24) is 4.98 Å². The standard InChI is InChI=1S/C15H8Cl2N2O2S/c16-10-3-1-9(12(17)7-10)2-6-15-18-13-8-11(19(20)21)4-5-14(13)22-15/h1-8H/b6-2+. The molecule has 0 aliphatic heterocycles. The van der Waals surface area contributed by atoms with Crippen molar-refractivity contribution in [3.8, 4) is 0 Å².